The Hall–Kier alpha value is -2.12. The third kappa shape index (κ3) is 7.05. The molecule has 1 amide bonds. The van der Waals surface area contributed by atoms with Gasteiger partial charge in [-0.15, -0.1) is 0 Å². The molecule has 1 aromatic rings. The second-order valence-electron chi connectivity index (χ2n) is 4.46. The number of ether oxygens (including phenoxy) is 3. The zero-order valence-electron chi connectivity index (χ0n) is 12.8. The largest absolute Gasteiger partial charge is 0.467 e. The topological polar surface area (TPSA) is 85.9 Å². The van der Waals surface area contributed by atoms with Gasteiger partial charge in [-0.25, -0.2) is 9.59 Å². The number of rotatable bonds is 9. The Bertz CT molecular complexity index is 453. The van der Waals surface area contributed by atoms with Crippen LogP contribution in [0.25, 0.3) is 0 Å². The highest BCUT2D eigenvalue weighted by atomic mass is 16.6. The molecule has 0 aliphatic carbocycles. The number of nitrogens with one attached hydrogen (secondary N) is 2. The van der Waals surface area contributed by atoms with Crippen molar-refractivity contribution in [1.82, 2.24) is 10.6 Å². The molecule has 0 aliphatic heterocycles. The van der Waals surface area contributed by atoms with Crippen LogP contribution in [0, 0.1) is 0 Å². The first-order valence-corrected chi connectivity index (χ1v) is 6.94. The standard InChI is InChI=1S/C15H22N2O5/c1-16-8-9-21-11-13(14(18)20-2)17-15(19)22-10-12-6-4-3-5-7-12/h3-7,13,16H,8-11H2,1-2H3,(H,17,19)/t13-/m1/s1. The first-order chi connectivity index (χ1) is 10.7. The van der Waals surface area contributed by atoms with Gasteiger partial charge < -0.3 is 24.8 Å². The quantitative estimate of drug-likeness (QED) is 0.515. The molecule has 122 valence electrons. The Labute approximate surface area is 129 Å². The van der Waals surface area contributed by atoms with E-state index in [4.69, 9.17) is 9.47 Å². The predicted molar refractivity (Wildman–Crippen MR) is 80.3 cm³/mol. The molecule has 22 heavy (non-hydrogen) atoms. The summed E-state index contributed by atoms with van der Waals surface area (Å²) in [6.45, 7) is 1.22. The van der Waals surface area contributed by atoms with Crippen molar-refractivity contribution in [2.75, 3.05) is 33.9 Å². The van der Waals surface area contributed by atoms with Crippen molar-refractivity contribution in [3.63, 3.8) is 0 Å². The predicted octanol–water partition coefficient (Wildman–Crippen LogP) is 0.690. The van der Waals surface area contributed by atoms with E-state index in [1.807, 2.05) is 30.3 Å². The number of benzene rings is 1. The van der Waals surface area contributed by atoms with E-state index in [-0.39, 0.29) is 13.2 Å². The fourth-order valence-corrected chi connectivity index (χ4v) is 1.59. The SMILES string of the molecule is CNCCOC[C@@H](NC(=O)OCc1ccccc1)C(=O)OC. The number of hydrogen-bond acceptors (Lipinski definition) is 6. The van der Waals surface area contributed by atoms with Crippen LogP contribution in [0.3, 0.4) is 0 Å². The minimum absolute atomic E-state index is 0.0226. The van der Waals surface area contributed by atoms with Gasteiger partial charge in [0.05, 0.1) is 20.3 Å². The minimum Gasteiger partial charge on any atom is -0.467 e. The summed E-state index contributed by atoms with van der Waals surface area (Å²) < 4.78 is 15.0. The molecule has 1 rings (SSSR count). The minimum atomic E-state index is -0.898. The molecule has 0 saturated heterocycles. The third-order valence-corrected chi connectivity index (χ3v) is 2.77. The van der Waals surface area contributed by atoms with Crippen molar-refractivity contribution in [3.8, 4) is 0 Å². The maximum absolute atomic E-state index is 11.7. The monoisotopic (exact) mass is 310 g/mol. The molecular weight excluding hydrogens is 288 g/mol. The van der Waals surface area contributed by atoms with E-state index >= 15 is 0 Å². The van der Waals surface area contributed by atoms with Gasteiger partial charge in [0.25, 0.3) is 0 Å². The molecule has 1 aromatic carbocycles. The maximum Gasteiger partial charge on any atom is 0.408 e. The second-order valence-corrected chi connectivity index (χ2v) is 4.46. The zero-order chi connectivity index (χ0) is 16.2. The highest BCUT2D eigenvalue weighted by Gasteiger charge is 2.22. The lowest BCUT2D eigenvalue weighted by Gasteiger charge is -2.16. The van der Waals surface area contributed by atoms with Crippen molar-refractivity contribution in [2.45, 2.75) is 12.6 Å². The number of amides is 1. The number of likely N-dealkylation sites (N-methyl/N-ethyl adjacent to an activating group) is 1. The molecule has 7 nitrogen and oxygen atoms in total. The first kappa shape index (κ1) is 17.9. The van der Waals surface area contributed by atoms with Gasteiger partial charge >= 0.3 is 12.1 Å². The summed E-state index contributed by atoms with van der Waals surface area (Å²) in [6.07, 6.45) is -0.698. The summed E-state index contributed by atoms with van der Waals surface area (Å²) in [6, 6.07) is 8.36. The molecule has 1 atom stereocenters. The van der Waals surface area contributed by atoms with Gasteiger partial charge in [-0.2, -0.15) is 0 Å². The van der Waals surface area contributed by atoms with Crippen LogP contribution < -0.4 is 10.6 Å². The molecule has 0 aliphatic rings. The van der Waals surface area contributed by atoms with Crippen LogP contribution in [-0.2, 0) is 25.6 Å². The molecule has 0 spiro atoms. The van der Waals surface area contributed by atoms with Crippen molar-refractivity contribution in [1.29, 1.82) is 0 Å². The van der Waals surface area contributed by atoms with E-state index in [0.29, 0.717) is 13.2 Å². The van der Waals surface area contributed by atoms with Gasteiger partial charge in [-0.05, 0) is 12.6 Å². The Morgan fingerprint density at radius 2 is 1.95 bits per heavy atom. The van der Waals surface area contributed by atoms with E-state index in [2.05, 4.69) is 15.4 Å². The molecule has 0 heterocycles. The maximum atomic E-state index is 11.7. The third-order valence-electron chi connectivity index (χ3n) is 2.77. The number of carbonyl (C=O) groups excluding carboxylic acids is 2. The van der Waals surface area contributed by atoms with E-state index in [1.54, 1.807) is 7.05 Å². The van der Waals surface area contributed by atoms with Crippen LogP contribution >= 0.6 is 0 Å². The number of methoxy groups -OCH3 is 1. The molecule has 0 saturated carbocycles. The molecule has 7 heteroatoms. The Kier molecular flexibility index (Phi) is 8.63. The van der Waals surface area contributed by atoms with Crippen LogP contribution in [0.2, 0.25) is 0 Å². The Morgan fingerprint density at radius 1 is 1.23 bits per heavy atom. The summed E-state index contributed by atoms with van der Waals surface area (Å²) in [5.74, 6) is -0.582. The van der Waals surface area contributed by atoms with Crippen LogP contribution in [0.4, 0.5) is 4.79 Å². The van der Waals surface area contributed by atoms with Gasteiger partial charge in [0.15, 0.2) is 6.04 Å². The summed E-state index contributed by atoms with van der Waals surface area (Å²) in [5.41, 5.74) is 0.859. The average Bonchev–Trinajstić information content (AvgIpc) is 2.56. The van der Waals surface area contributed by atoms with Gasteiger partial charge in [-0.1, -0.05) is 30.3 Å². The highest BCUT2D eigenvalue weighted by Crippen LogP contribution is 2.01. The number of carbonyl (C=O) groups is 2. The van der Waals surface area contributed by atoms with Crippen molar-refractivity contribution < 1.29 is 23.8 Å². The number of esters is 1. The van der Waals surface area contributed by atoms with E-state index in [1.165, 1.54) is 7.11 Å². The van der Waals surface area contributed by atoms with Crippen LogP contribution in [-0.4, -0.2) is 52.0 Å². The number of alkyl carbamates (subject to hydrolysis) is 1. The average molecular weight is 310 g/mol. The van der Waals surface area contributed by atoms with Gasteiger partial charge in [0.2, 0.25) is 0 Å². The van der Waals surface area contributed by atoms with Crippen molar-refractivity contribution >= 4 is 12.1 Å². The molecule has 0 bridgehead atoms. The van der Waals surface area contributed by atoms with Crippen LogP contribution in [0.1, 0.15) is 5.56 Å². The van der Waals surface area contributed by atoms with Crippen molar-refractivity contribution in [2.24, 2.45) is 0 Å². The smallest absolute Gasteiger partial charge is 0.408 e. The highest BCUT2D eigenvalue weighted by molar-refractivity contribution is 5.81. The lowest BCUT2D eigenvalue weighted by Crippen LogP contribution is -2.45. The van der Waals surface area contributed by atoms with E-state index in [0.717, 1.165) is 5.56 Å². The number of hydrogen-bond donors (Lipinski definition) is 2. The van der Waals surface area contributed by atoms with Gasteiger partial charge in [0.1, 0.15) is 6.61 Å². The lowest BCUT2D eigenvalue weighted by molar-refractivity contribution is -0.144. The summed E-state index contributed by atoms with van der Waals surface area (Å²) in [7, 11) is 3.04. The molecule has 2 N–H and O–H groups in total. The Balaban J connectivity index is 2.39. The van der Waals surface area contributed by atoms with E-state index in [9.17, 15) is 9.59 Å². The van der Waals surface area contributed by atoms with E-state index < -0.39 is 18.1 Å². The van der Waals surface area contributed by atoms with Gasteiger partial charge in [0, 0.05) is 6.54 Å². The summed E-state index contributed by atoms with van der Waals surface area (Å²) in [5, 5.41) is 5.34. The first-order valence-electron chi connectivity index (χ1n) is 6.94. The fraction of sp³-hybridized carbons (Fsp3) is 0.467. The molecule has 0 aromatic heterocycles. The zero-order valence-corrected chi connectivity index (χ0v) is 12.8. The van der Waals surface area contributed by atoms with Crippen LogP contribution in [0.5, 0.6) is 0 Å². The van der Waals surface area contributed by atoms with Crippen molar-refractivity contribution in [3.05, 3.63) is 35.9 Å². The lowest BCUT2D eigenvalue weighted by atomic mass is 10.2. The molecule has 0 unspecified atom stereocenters. The normalized spacial score (nSPS) is 11.5. The fourth-order valence-electron chi connectivity index (χ4n) is 1.59. The summed E-state index contributed by atoms with van der Waals surface area (Å²) in [4.78, 5) is 23.3. The molecular formula is C15H22N2O5. The summed E-state index contributed by atoms with van der Waals surface area (Å²) >= 11 is 0. The Morgan fingerprint density at radius 3 is 2.59 bits per heavy atom. The second kappa shape index (κ2) is 10.6. The molecule has 0 fully saturated rings. The van der Waals surface area contributed by atoms with Crippen LogP contribution in [0.15, 0.2) is 30.3 Å². The van der Waals surface area contributed by atoms with Gasteiger partial charge in [-0.3, -0.25) is 0 Å². The molecule has 0 radical (unpaired) electrons.